The van der Waals surface area contributed by atoms with Crippen LogP contribution >= 0.6 is 11.8 Å². The van der Waals surface area contributed by atoms with Crippen molar-refractivity contribution < 1.29 is 9.72 Å². The standard InChI is InChI=1S/C14H19N3O3S/c1-15-14(18)9-6-7-12(17(19)20)11(8-9)16-10-4-3-5-13(10)21-2/h6-8,10,13,16H,3-5H2,1-2H3,(H,15,18). The average Bonchev–Trinajstić information content (AvgIpc) is 2.93. The molecule has 0 heterocycles. The summed E-state index contributed by atoms with van der Waals surface area (Å²) in [5, 5.41) is 17.4. The van der Waals surface area contributed by atoms with Gasteiger partial charge in [0.15, 0.2) is 0 Å². The molecule has 0 radical (unpaired) electrons. The van der Waals surface area contributed by atoms with Gasteiger partial charge in [0.25, 0.3) is 11.6 Å². The minimum absolute atomic E-state index is 0.00871. The number of thioether (sulfide) groups is 1. The second-order valence-corrected chi connectivity index (χ2v) is 6.10. The zero-order chi connectivity index (χ0) is 15.4. The van der Waals surface area contributed by atoms with Crippen molar-refractivity contribution in [2.24, 2.45) is 0 Å². The normalized spacial score (nSPS) is 21.0. The first kappa shape index (κ1) is 15.6. The molecule has 114 valence electrons. The fraction of sp³-hybridized carbons (Fsp3) is 0.500. The number of nitro groups is 1. The van der Waals surface area contributed by atoms with E-state index in [1.54, 1.807) is 17.8 Å². The van der Waals surface area contributed by atoms with Crippen molar-refractivity contribution in [3.8, 4) is 0 Å². The lowest BCUT2D eigenvalue weighted by Crippen LogP contribution is -2.26. The molecular formula is C14H19N3O3S. The zero-order valence-electron chi connectivity index (χ0n) is 12.1. The number of hydrogen-bond acceptors (Lipinski definition) is 5. The molecule has 2 rings (SSSR count). The number of carbonyl (C=O) groups excluding carboxylic acids is 1. The Hall–Kier alpha value is -1.76. The van der Waals surface area contributed by atoms with Crippen molar-refractivity contribution in [2.45, 2.75) is 30.6 Å². The highest BCUT2D eigenvalue weighted by Crippen LogP contribution is 2.34. The molecule has 1 saturated carbocycles. The Bertz CT molecular complexity index is 550. The van der Waals surface area contributed by atoms with Gasteiger partial charge in [0, 0.05) is 30.0 Å². The van der Waals surface area contributed by atoms with Crippen molar-refractivity contribution in [2.75, 3.05) is 18.6 Å². The molecule has 21 heavy (non-hydrogen) atoms. The van der Waals surface area contributed by atoms with Crippen LogP contribution in [0.2, 0.25) is 0 Å². The van der Waals surface area contributed by atoms with Gasteiger partial charge in [0.1, 0.15) is 5.69 Å². The third-order valence-corrected chi connectivity index (χ3v) is 4.95. The van der Waals surface area contributed by atoms with Gasteiger partial charge in [-0.3, -0.25) is 14.9 Å². The minimum Gasteiger partial charge on any atom is -0.376 e. The van der Waals surface area contributed by atoms with E-state index in [1.165, 1.54) is 19.2 Å². The van der Waals surface area contributed by atoms with Gasteiger partial charge in [0.05, 0.1) is 4.92 Å². The summed E-state index contributed by atoms with van der Waals surface area (Å²) in [7, 11) is 1.54. The van der Waals surface area contributed by atoms with Crippen LogP contribution < -0.4 is 10.6 Å². The van der Waals surface area contributed by atoms with Gasteiger partial charge >= 0.3 is 0 Å². The monoisotopic (exact) mass is 309 g/mol. The van der Waals surface area contributed by atoms with Crippen molar-refractivity contribution in [3.63, 3.8) is 0 Å². The van der Waals surface area contributed by atoms with Crippen molar-refractivity contribution in [1.29, 1.82) is 0 Å². The Kier molecular flexibility index (Phi) is 5.06. The molecule has 6 nitrogen and oxygen atoms in total. The predicted octanol–water partition coefficient (Wildman–Crippen LogP) is 2.65. The number of anilines is 1. The highest BCUT2D eigenvalue weighted by molar-refractivity contribution is 7.99. The van der Waals surface area contributed by atoms with E-state index >= 15 is 0 Å². The van der Waals surface area contributed by atoms with E-state index in [1.807, 2.05) is 0 Å². The Morgan fingerprint density at radius 3 is 2.81 bits per heavy atom. The SMILES string of the molecule is CNC(=O)c1ccc([N+](=O)[O-])c(NC2CCCC2SC)c1. The predicted molar refractivity (Wildman–Crippen MR) is 85.1 cm³/mol. The van der Waals surface area contributed by atoms with Crippen LogP contribution in [0.1, 0.15) is 29.6 Å². The molecule has 1 aromatic carbocycles. The molecule has 7 heteroatoms. The van der Waals surface area contributed by atoms with E-state index in [9.17, 15) is 14.9 Å². The molecule has 0 saturated heterocycles. The molecule has 0 spiro atoms. The lowest BCUT2D eigenvalue weighted by atomic mass is 10.1. The fourth-order valence-electron chi connectivity index (χ4n) is 2.67. The van der Waals surface area contributed by atoms with Gasteiger partial charge in [-0.05, 0) is 31.2 Å². The van der Waals surface area contributed by atoms with Crippen LogP contribution in [0.4, 0.5) is 11.4 Å². The molecule has 1 fully saturated rings. The molecular weight excluding hydrogens is 290 g/mol. The number of nitrogens with one attached hydrogen (secondary N) is 2. The number of nitrogens with zero attached hydrogens (tertiary/aromatic N) is 1. The van der Waals surface area contributed by atoms with E-state index in [2.05, 4.69) is 16.9 Å². The Balaban J connectivity index is 2.30. The summed E-state index contributed by atoms with van der Waals surface area (Å²) in [6, 6.07) is 4.63. The number of hydrogen-bond donors (Lipinski definition) is 2. The lowest BCUT2D eigenvalue weighted by molar-refractivity contribution is -0.384. The first-order chi connectivity index (χ1) is 10.1. The maximum atomic E-state index is 11.7. The second-order valence-electron chi connectivity index (χ2n) is 5.02. The summed E-state index contributed by atoms with van der Waals surface area (Å²) in [5.74, 6) is -0.249. The van der Waals surface area contributed by atoms with Gasteiger partial charge in [-0.1, -0.05) is 6.42 Å². The van der Waals surface area contributed by atoms with Crippen LogP contribution in [0.5, 0.6) is 0 Å². The molecule has 2 N–H and O–H groups in total. The average molecular weight is 309 g/mol. The molecule has 1 aromatic rings. The third kappa shape index (κ3) is 3.47. The summed E-state index contributed by atoms with van der Waals surface area (Å²) < 4.78 is 0. The van der Waals surface area contributed by atoms with Crippen molar-refractivity contribution in [3.05, 3.63) is 33.9 Å². The molecule has 1 amide bonds. The number of amides is 1. The first-order valence-electron chi connectivity index (χ1n) is 6.86. The maximum absolute atomic E-state index is 11.7. The summed E-state index contributed by atoms with van der Waals surface area (Å²) in [6.45, 7) is 0. The number of carbonyl (C=O) groups is 1. The van der Waals surface area contributed by atoms with Crippen LogP contribution in [0.3, 0.4) is 0 Å². The zero-order valence-corrected chi connectivity index (χ0v) is 12.9. The highest BCUT2D eigenvalue weighted by atomic mass is 32.2. The van der Waals surface area contributed by atoms with Gasteiger partial charge < -0.3 is 10.6 Å². The summed E-state index contributed by atoms with van der Waals surface area (Å²) in [5.41, 5.74) is 0.853. The van der Waals surface area contributed by atoms with Crippen LogP contribution in [0.25, 0.3) is 0 Å². The maximum Gasteiger partial charge on any atom is 0.292 e. The fourth-order valence-corrected chi connectivity index (χ4v) is 3.60. The Morgan fingerprint density at radius 1 is 1.43 bits per heavy atom. The highest BCUT2D eigenvalue weighted by Gasteiger charge is 2.28. The van der Waals surface area contributed by atoms with E-state index in [4.69, 9.17) is 0 Å². The van der Waals surface area contributed by atoms with Crippen LogP contribution in [-0.2, 0) is 0 Å². The van der Waals surface area contributed by atoms with E-state index in [0.717, 1.165) is 19.3 Å². The van der Waals surface area contributed by atoms with Crippen LogP contribution in [0.15, 0.2) is 18.2 Å². The molecule has 0 aromatic heterocycles. The topological polar surface area (TPSA) is 84.3 Å². The number of benzene rings is 1. The van der Waals surface area contributed by atoms with Gasteiger partial charge in [-0.25, -0.2) is 0 Å². The Morgan fingerprint density at radius 2 is 2.19 bits per heavy atom. The lowest BCUT2D eigenvalue weighted by Gasteiger charge is -2.20. The summed E-state index contributed by atoms with van der Waals surface area (Å²) >= 11 is 1.78. The van der Waals surface area contributed by atoms with Gasteiger partial charge in [-0.15, -0.1) is 0 Å². The van der Waals surface area contributed by atoms with Crippen molar-refractivity contribution in [1.82, 2.24) is 5.32 Å². The smallest absolute Gasteiger partial charge is 0.292 e. The summed E-state index contributed by atoms with van der Waals surface area (Å²) in [6.07, 6.45) is 5.28. The Labute approximate surface area is 127 Å². The van der Waals surface area contributed by atoms with E-state index in [0.29, 0.717) is 16.5 Å². The molecule has 2 atom stereocenters. The minimum atomic E-state index is -0.418. The van der Waals surface area contributed by atoms with Gasteiger partial charge in [-0.2, -0.15) is 11.8 Å². The van der Waals surface area contributed by atoms with E-state index in [-0.39, 0.29) is 17.6 Å². The second kappa shape index (κ2) is 6.80. The number of nitro benzene ring substituents is 1. The largest absolute Gasteiger partial charge is 0.376 e. The van der Waals surface area contributed by atoms with Crippen LogP contribution in [0, 0.1) is 10.1 Å². The molecule has 0 bridgehead atoms. The quantitative estimate of drug-likeness (QED) is 0.645. The molecule has 0 aliphatic heterocycles. The molecule has 2 unspecified atom stereocenters. The van der Waals surface area contributed by atoms with Crippen molar-refractivity contribution >= 4 is 29.0 Å². The third-order valence-electron chi connectivity index (χ3n) is 3.78. The summed E-state index contributed by atoms with van der Waals surface area (Å²) in [4.78, 5) is 22.4. The number of rotatable bonds is 5. The molecule has 1 aliphatic rings. The first-order valence-corrected chi connectivity index (χ1v) is 8.15. The van der Waals surface area contributed by atoms with Crippen LogP contribution in [-0.4, -0.2) is 35.4 Å². The van der Waals surface area contributed by atoms with Gasteiger partial charge in [0.2, 0.25) is 0 Å². The van der Waals surface area contributed by atoms with E-state index < -0.39 is 4.92 Å². The molecule has 1 aliphatic carbocycles.